The summed E-state index contributed by atoms with van der Waals surface area (Å²) in [6.07, 6.45) is 5.29. The molecule has 1 aliphatic carbocycles. The molecular formula is C29H33N3O4S. The Morgan fingerprint density at radius 3 is 2.59 bits per heavy atom. The fourth-order valence-corrected chi connectivity index (χ4v) is 6.36. The van der Waals surface area contributed by atoms with Crippen LogP contribution in [0.25, 0.3) is 33.1 Å². The van der Waals surface area contributed by atoms with Crippen molar-refractivity contribution < 1.29 is 18.3 Å². The van der Waals surface area contributed by atoms with Crippen molar-refractivity contribution in [3.63, 3.8) is 0 Å². The van der Waals surface area contributed by atoms with E-state index in [-0.39, 0.29) is 29.2 Å². The molecule has 0 saturated heterocycles. The summed E-state index contributed by atoms with van der Waals surface area (Å²) in [5, 5.41) is 14.5. The Morgan fingerprint density at radius 1 is 1.14 bits per heavy atom. The molecule has 5 rings (SSSR count). The average Bonchev–Trinajstić information content (AvgIpc) is 3.28. The third-order valence-corrected chi connectivity index (χ3v) is 9.43. The minimum absolute atomic E-state index is 0.0160. The average molecular weight is 520 g/mol. The summed E-state index contributed by atoms with van der Waals surface area (Å²) in [5.74, 6) is 0.183. The second-order valence-corrected chi connectivity index (χ2v) is 12.5. The summed E-state index contributed by atoms with van der Waals surface area (Å²) < 4.78 is 25.3. The highest BCUT2D eigenvalue weighted by molar-refractivity contribution is 7.91. The SMILES string of the molecule is CCS(=O)(=O)c1cccc(-c2cc(C(=O)NC3CCC(CO)CC3)c(C)c3[nH]c4ncc(C)cc4c23)c1. The van der Waals surface area contributed by atoms with Crippen molar-refractivity contribution in [2.24, 2.45) is 5.92 Å². The van der Waals surface area contributed by atoms with Gasteiger partial charge in [-0.05, 0) is 92.0 Å². The number of rotatable bonds is 6. The van der Waals surface area contributed by atoms with Gasteiger partial charge in [-0.25, -0.2) is 13.4 Å². The zero-order valence-corrected chi connectivity index (χ0v) is 22.3. The Hall–Kier alpha value is -3.23. The number of aromatic amines is 1. The monoisotopic (exact) mass is 519 g/mol. The van der Waals surface area contributed by atoms with E-state index in [0.29, 0.717) is 11.5 Å². The lowest BCUT2D eigenvalue weighted by Crippen LogP contribution is -2.38. The normalized spacial score (nSPS) is 18.4. The molecule has 0 unspecified atom stereocenters. The first-order chi connectivity index (χ1) is 17.7. The van der Waals surface area contributed by atoms with Crippen LogP contribution in [0.15, 0.2) is 47.5 Å². The van der Waals surface area contributed by atoms with Crippen LogP contribution in [0.4, 0.5) is 0 Å². The quantitative estimate of drug-likeness (QED) is 0.329. The van der Waals surface area contributed by atoms with Crippen molar-refractivity contribution in [2.75, 3.05) is 12.4 Å². The molecule has 2 aromatic carbocycles. The molecule has 0 bridgehead atoms. The van der Waals surface area contributed by atoms with E-state index in [9.17, 15) is 18.3 Å². The fourth-order valence-electron chi connectivity index (χ4n) is 5.44. The number of nitrogens with zero attached hydrogens (tertiary/aromatic N) is 1. The molecule has 2 heterocycles. The van der Waals surface area contributed by atoms with Gasteiger partial charge < -0.3 is 15.4 Å². The first-order valence-corrected chi connectivity index (χ1v) is 14.5. The number of hydrogen-bond donors (Lipinski definition) is 3. The molecule has 1 saturated carbocycles. The van der Waals surface area contributed by atoms with Crippen LogP contribution in [0.1, 0.15) is 54.1 Å². The van der Waals surface area contributed by atoms with E-state index in [0.717, 1.165) is 69.9 Å². The largest absolute Gasteiger partial charge is 0.396 e. The number of aromatic nitrogens is 2. The number of hydrogen-bond acceptors (Lipinski definition) is 5. The first kappa shape index (κ1) is 25.4. The van der Waals surface area contributed by atoms with Gasteiger partial charge in [-0.15, -0.1) is 0 Å². The van der Waals surface area contributed by atoms with Crippen LogP contribution in [0, 0.1) is 19.8 Å². The number of fused-ring (bicyclic) bond motifs is 3. The van der Waals surface area contributed by atoms with Gasteiger partial charge in [-0.2, -0.15) is 0 Å². The van der Waals surface area contributed by atoms with Gasteiger partial charge in [-0.3, -0.25) is 4.79 Å². The number of carbonyl (C=O) groups is 1. The molecule has 0 spiro atoms. The number of aliphatic hydroxyl groups excluding tert-OH is 1. The Kier molecular flexibility index (Phi) is 6.81. The molecule has 0 aliphatic heterocycles. The Labute approximate surface area is 217 Å². The Balaban J connectivity index is 1.67. The van der Waals surface area contributed by atoms with Gasteiger partial charge in [-0.1, -0.05) is 19.1 Å². The maximum atomic E-state index is 13.6. The van der Waals surface area contributed by atoms with E-state index >= 15 is 0 Å². The number of benzene rings is 2. The second-order valence-electron chi connectivity index (χ2n) is 10.2. The number of carbonyl (C=O) groups excluding carboxylic acids is 1. The van der Waals surface area contributed by atoms with Crippen molar-refractivity contribution in [3.8, 4) is 11.1 Å². The molecule has 194 valence electrons. The zero-order chi connectivity index (χ0) is 26.3. The van der Waals surface area contributed by atoms with Crippen molar-refractivity contribution in [3.05, 3.63) is 59.3 Å². The zero-order valence-electron chi connectivity index (χ0n) is 21.5. The number of H-pyrrole nitrogens is 1. The standard InChI is InChI=1S/C29H33N3O4S/c1-4-37(35,36)22-7-5-6-20(13-22)24-14-23(29(34)31-21-10-8-19(16-33)9-11-21)18(3)27-26(24)25-12-17(2)15-30-28(25)32-27/h5-7,12-15,19,21,33H,4,8-11,16H2,1-3H3,(H,30,32)(H,31,34). The molecule has 3 N–H and O–H groups in total. The van der Waals surface area contributed by atoms with Gasteiger partial charge in [0.2, 0.25) is 0 Å². The number of sulfone groups is 1. The summed E-state index contributed by atoms with van der Waals surface area (Å²) in [5.41, 5.74) is 5.47. The summed E-state index contributed by atoms with van der Waals surface area (Å²) >= 11 is 0. The summed E-state index contributed by atoms with van der Waals surface area (Å²) in [7, 11) is -3.40. The molecule has 2 aromatic heterocycles. The molecular weight excluding hydrogens is 486 g/mol. The van der Waals surface area contributed by atoms with Crippen LogP contribution in [0.5, 0.6) is 0 Å². The number of amides is 1. The van der Waals surface area contributed by atoms with Gasteiger partial charge in [0.15, 0.2) is 9.84 Å². The highest BCUT2D eigenvalue weighted by Gasteiger charge is 2.25. The van der Waals surface area contributed by atoms with Crippen molar-refractivity contribution in [1.29, 1.82) is 0 Å². The van der Waals surface area contributed by atoms with Gasteiger partial charge in [0.25, 0.3) is 5.91 Å². The molecule has 8 heteroatoms. The number of pyridine rings is 1. The predicted octanol–water partition coefficient (Wildman–Crippen LogP) is 5.07. The molecule has 1 aliphatic rings. The van der Waals surface area contributed by atoms with Crippen LogP contribution in [-0.2, 0) is 9.84 Å². The van der Waals surface area contributed by atoms with Gasteiger partial charge in [0, 0.05) is 35.2 Å². The molecule has 7 nitrogen and oxygen atoms in total. The van der Waals surface area contributed by atoms with Gasteiger partial charge >= 0.3 is 0 Å². The maximum Gasteiger partial charge on any atom is 0.251 e. The van der Waals surface area contributed by atoms with Gasteiger partial charge in [0.05, 0.1) is 16.2 Å². The van der Waals surface area contributed by atoms with E-state index < -0.39 is 9.84 Å². The summed E-state index contributed by atoms with van der Waals surface area (Å²) in [4.78, 5) is 21.8. The van der Waals surface area contributed by atoms with E-state index in [1.807, 2.05) is 26.0 Å². The minimum Gasteiger partial charge on any atom is -0.396 e. The summed E-state index contributed by atoms with van der Waals surface area (Å²) in [6, 6.07) is 11.0. The third-order valence-electron chi connectivity index (χ3n) is 7.69. The van der Waals surface area contributed by atoms with Crippen LogP contribution in [-0.4, -0.2) is 47.8 Å². The predicted molar refractivity (Wildman–Crippen MR) is 147 cm³/mol. The number of nitrogens with one attached hydrogen (secondary N) is 2. The molecule has 4 aromatic rings. The van der Waals surface area contributed by atoms with Crippen LogP contribution in [0.2, 0.25) is 0 Å². The number of aliphatic hydroxyl groups is 1. The Morgan fingerprint density at radius 2 is 1.89 bits per heavy atom. The number of aryl methyl sites for hydroxylation is 2. The lowest BCUT2D eigenvalue weighted by molar-refractivity contribution is 0.0913. The molecule has 0 radical (unpaired) electrons. The fraction of sp³-hybridized carbons (Fsp3) is 0.379. The van der Waals surface area contributed by atoms with Crippen molar-refractivity contribution in [1.82, 2.24) is 15.3 Å². The lowest BCUT2D eigenvalue weighted by atomic mass is 9.86. The molecule has 37 heavy (non-hydrogen) atoms. The van der Waals surface area contributed by atoms with E-state index in [1.165, 1.54) is 0 Å². The Bertz CT molecular complexity index is 1600. The molecule has 0 atom stereocenters. The molecule has 1 fully saturated rings. The van der Waals surface area contributed by atoms with Crippen LogP contribution in [0.3, 0.4) is 0 Å². The maximum absolute atomic E-state index is 13.6. The van der Waals surface area contributed by atoms with E-state index in [4.69, 9.17) is 0 Å². The van der Waals surface area contributed by atoms with Crippen molar-refractivity contribution in [2.45, 2.75) is 57.4 Å². The van der Waals surface area contributed by atoms with E-state index in [2.05, 4.69) is 21.4 Å². The molecule has 1 amide bonds. The second kappa shape index (κ2) is 9.91. The third kappa shape index (κ3) is 4.76. The lowest BCUT2D eigenvalue weighted by Gasteiger charge is -2.28. The van der Waals surface area contributed by atoms with E-state index in [1.54, 1.807) is 31.3 Å². The van der Waals surface area contributed by atoms with Gasteiger partial charge in [0.1, 0.15) is 5.65 Å². The smallest absolute Gasteiger partial charge is 0.251 e. The topological polar surface area (TPSA) is 112 Å². The van der Waals surface area contributed by atoms with Crippen LogP contribution < -0.4 is 5.32 Å². The van der Waals surface area contributed by atoms with Crippen molar-refractivity contribution >= 4 is 37.7 Å². The van der Waals surface area contributed by atoms with Crippen LogP contribution >= 0.6 is 0 Å². The minimum atomic E-state index is -3.40. The highest BCUT2D eigenvalue weighted by Crippen LogP contribution is 2.38. The highest BCUT2D eigenvalue weighted by atomic mass is 32.2. The first-order valence-electron chi connectivity index (χ1n) is 12.9. The summed E-state index contributed by atoms with van der Waals surface area (Å²) in [6.45, 7) is 5.75.